The van der Waals surface area contributed by atoms with Crippen LogP contribution in [-0.2, 0) is 12.6 Å². The van der Waals surface area contributed by atoms with Gasteiger partial charge in [-0.05, 0) is 75.5 Å². The van der Waals surface area contributed by atoms with Gasteiger partial charge in [-0.2, -0.15) is 13.2 Å². The molecule has 0 saturated carbocycles. The highest BCUT2D eigenvalue weighted by Crippen LogP contribution is 2.35. The molecule has 0 aromatic heterocycles. The topological polar surface area (TPSA) is 3.24 Å². The fourth-order valence-corrected chi connectivity index (χ4v) is 2.73. The van der Waals surface area contributed by atoms with E-state index in [1.54, 1.807) is 0 Å². The van der Waals surface area contributed by atoms with Crippen LogP contribution < -0.4 is 0 Å². The number of hydrogen-bond acceptors (Lipinski definition) is 1. The standard InChI is InChI=1S/C15H19F4N/c1-10-7-13(15(17,18)19)12(9-14(10)16)8-11-3-5-20(2)6-4-11/h7,9,11H,3-6,8H2,1-2H3. The molecule has 0 N–H and O–H groups in total. The van der Waals surface area contributed by atoms with E-state index in [0.29, 0.717) is 6.42 Å². The summed E-state index contributed by atoms with van der Waals surface area (Å²) in [5, 5.41) is 0. The maximum atomic E-state index is 13.6. The minimum Gasteiger partial charge on any atom is -0.306 e. The van der Waals surface area contributed by atoms with Crippen LogP contribution in [0.5, 0.6) is 0 Å². The van der Waals surface area contributed by atoms with Crippen LogP contribution in [0.1, 0.15) is 29.5 Å². The third-order valence-electron chi connectivity index (χ3n) is 4.04. The average molecular weight is 289 g/mol. The van der Waals surface area contributed by atoms with Crippen LogP contribution in [0.15, 0.2) is 12.1 Å². The summed E-state index contributed by atoms with van der Waals surface area (Å²) in [7, 11) is 2.00. The zero-order chi connectivity index (χ0) is 14.9. The van der Waals surface area contributed by atoms with E-state index in [9.17, 15) is 17.6 Å². The molecular formula is C15H19F4N. The summed E-state index contributed by atoms with van der Waals surface area (Å²) in [5.74, 6) is -0.352. The molecule has 1 heterocycles. The van der Waals surface area contributed by atoms with Crippen LogP contribution in [0, 0.1) is 18.7 Å². The van der Waals surface area contributed by atoms with Crippen molar-refractivity contribution in [1.82, 2.24) is 4.90 Å². The summed E-state index contributed by atoms with van der Waals surface area (Å²) in [5.41, 5.74) is -0.546. The third-order valence-corrected chi connectivity index (χ3v) is 4.04. The molecule has 0 radical (unpaired) electrons. The second-order valence-corrected chi connectivity index (χ2v) is 5.71. The molecule has 1 aromatic rings. The van der Waals surface area contributed by atoms with Crippen molar-refractivity contribution in [2.75, 3.05) is 20.1 Å². The molecular weight excluding hydrogens is 270 g/mol. The van der Waals surface area contributed by atoms with Gasteiger partial charge in [0, 0.05) is 0 Å². The molecule has 1 aromatic carbocycles. The van der Waals surface area contributed by atoms with Crippen molar-refractivity contribution in [3.8, 4) is 0 Å². The highest BCUT2D eigenvalue weighted by Gasteiger charge is 2.34. The zero-order valence-electron chi connectivity index (χ0n) is 11.7. The van der Waals surface area contributed by atoms with Crippen molar-refractivity contribution < 1.29 is 17.6 Å². The first-order valence-electron chi connectivity index (χ1n) is 6.82. The smallest absolute Gasteiger partial charge is 0.306 e. The molecule has 0 atom stereocenters. The molecule has 0 unspecified atom stereocenters. The van der Waals surface area contributed by atoms with Crippen LogP contribution in [0.3, 0.4) is 0 Å². The second-order valence-electron chi connectivity index (χ2n) is 5.71. The number of hydrogen-bond donors (Lipinski definition) is 0. The average Bonchev–Trinajstić information content (AvgIpc) is 2.35. The van der Waals surface area contributed by atoms with Gasteiger partial charge in [0.1, 0.15) is 5.82 Å². The molecule has 112 valence electrons. The van der Waals surface area contributed by atoms with Crippen molar-refractivity contribution >= 4 is 0 Å². The van der Waals surface area contributed by atoms with Crippen LogP contribution >= 0.6 is 0 Å². The largest absolute Gasteiger partial charge is 0.416 e. The van der Waals surface area contributed by atoms with Gasteiger partial charge in [-0.25, -0.2) is 4.39 Å². The maximum absolute atomic E-state index is 13.6. The Kier molecular flexibility index (Phi) is 4.37. The van der Waals surface area contributed by atoms with Crippen molar-refractivity contribution in [3.63, 3.8) is 0 Å². The minimum absolute atomic E-state index is 0.0458. The molecule has 5 heteroatoms. The Hall–Kier alpha value is -1.10. The number of aryl methyl sites for hydroxylation is 1. The fourth-order valence-electron chi connectivity index (χ4n) is 2.73. The van der Waals surface area contributed by atoms with Crippen LogP contribution in [0.2, 0.25) is 0 Å². The molecule has 1 fully saturated rings. The van der Waals surface area contributed by atoms with E-state index in [-0.39, 0.29) is 17.0 Å². The summed E-state index contributed by atoms with van der Waals surface area (Å²) in [6, 6.07) is 2.00. The monoisotopic (exact) mass is 289 g/mol. The predicted molar refractivity (Wildman–Crippen MR) is 70.1 cm³/mol. The molecule has 0 spiro atoms. The number of rotatable bonds is 2. The van der Waals surface area contributed by atoms with Gasteiger partial charge >= 0.3 is 6.18 Å². The lowest BCUT2D eigenvalue weighted by Gasteiger charge is -2.29. The summed E-state index contributed by atoms with van der Waals surface area (Å²) >= 11 is 0. The highest BCUT2D eigenvalue weighted by atomic mass is 19.4. The van der Waals surface area contributed by atoms with Gasteiger partial charge in [-0.15, -0.1) is 0 Å². The lowest BCUT2D eigenvalue weighted by atomic mass is 9.88. The van der Waals surface area contributed by atoms with E-state index in [1.807, 2.05) is 7.05 Å². The lowest BCUT2D eigenvalue weighted by Crippen LogP contribution is -2.31. The van der Waals surface area contributed by atoms with E-state index < -0.39 is 17.6 Å². The Bertz CT molecular complexity index is 473. The fraction of sp³-hybridized carbons (Fsp3) is 0.600. The maximum Gasteiger partial charge on any atom is 0.416 e. The predicted octanol–water partition coefficient (Wildman–Crippen LogP) is 4.04. The van der Waals surface area contributed by atoms with E-state index in [0.717, 1.165) is 38.1 Å². The van der Waals surface area contributed by atoms with E-state index >= 15 is 0 Å². The van der Waals surface area contributed by atoms with Gasteiger partial charge in [0.05, 0.1) is 5.56 Å². The molecule has 0 bridgehead atoms. The molecule has 0 aliphatic carbocycles. The molecule has 1 nitrogen and oxygen atoms in total. The van der Waals surface area contributed by atoms with Crippen molar-refractivity contribution in [2.45, 2.75) is 32.4 Å². The van der Waals surface area contributed by atoms with Crippen molar-refractivity contribution in [1.29, 1.82) is 0 Å². The Balaban J connectivity index is 2.24. The number of alkyl halides is 3. The summed E-state index contributed by atoms with van der Waals surface area (Å²) in [6.45, 7) is 3.14. The number of nitrogens with zero attached hydrogens (tertiary/aromatic N) is 1. The summed E-state index contributed by atoms with van der Waals surface area (Å²) in [4.78, 5) is 2.16. The highest BCUT2D eigenvalue weighted by molar-refractivity contribution is 5.35. The van der Waals surface area contributed by atoms with Gasteiger partial charge in [-0.3, -0.25) is 0 Å². The molecule has 1 aliphatic rings. The van der Waals surface area contributed by atoms with Crippen molar-refractivity contribution in [2.24, 2.45) is 5.92 Å². The number of halogens is 4. The molecule has 20 heavy (non-hydrogen) atoms. The van der Waals surface area contributed by atoms with Gasteiger partial charge < -0.3 is 4.90 Å². The first-order valence-corrected chi connectivity index (χ1v) is 6.82. The van der Waals surface area contributed by atoms with Gasteiger partial charge in [-0.1, -0.05) is 0 Å². The van der Waals surface area contributed by atoms with E-state index in [1.165, 1.54) is 6.92 Å². The Morgan fingerprint density at radius 2 is 1.80 bits per heavy atom. The van der Waals surface area contributed by atoms with Gasteiger partial charge in [0.25, 0.3) is 0 Å². The zero-order valence-corrected chi connectivity index (χ0v) is 11.7. The molecule has 0 amide bonds. The Morgan fingerprint density at radius 1 is 1.20 bits per heavy atom. The minimum atomic E-state index is -4.42. The summed E-state index contributed by atoms with van der Waals surface area (Å²) < 4.78 is 52.7. The Morgan fingerprint density at radius 3 is 2.35 bits per heavy atom. The number of benzene rings is 1. The van der Waals surface area contributed by atoms with Crippen LogP contribution in [0.4, 0.5) is 17.6 Å². The lowest BCUT2D eigenvalue weighted by molar-refractivity contribution is -0.138. The van der Waals surface area contributed by atoms with E-state index in [2.05, 4.69) is 4.90 Å². The Labute approximate surface area is 116 Å². The van der Waals surface area contributed by atoms with Crippen molar-refractivity contribution in [3.05, 3.63) is 34.6 Å². The molecule has 1 saturated heterocycles. The number of piperidine rings is 1. The van der Waals surface area contributed by atoms with Gasteiger partial charge in [0.2, 0.25) is 0 Å². The first-order chi connectivity index (χ1) is 9.27. The second kappa shape index (κ2) is 5.72. The SMILES string of the molecule is Cc1cc(C(F)(F)F)c(CC2CCN(C)CC2)cc1F. The van der Waals surface area contributed by atoms with E-state index in [4.69, 9.17) is 0 Å². The summed E-state index contributed by atoms with van der Waals surface area (Å²) in [6.07, 6.45) is -2.38. The molecule has 1 aliphatic heterocycles. The quantitative estimate of drug-likeness (QED) is 0.743. The normalized spacial score (nSPS) is 18.5. The third kappa shape index (κ3) is 3.51. The number of likely N-dealkylation sites (tertiary alicyclic amines) is 1. The van der Waals surface area contributed by atoms with Crippen LogP contribution in [0.25, 0.3) is 0 Å². The van der Waals surface area contributed by atoms with Crippen LogP contribution in [-0.4, -0.2) is 25.0 Å². The molecule has 2 rings (SSSR count). The van der Waals surface area contributed by atoms with Gasteiger partial charge in [0.15, 0.2) is 0 Å². The first kappa shape index (κ1) is 15.3.